The van der Waals surface area contributed by atoms with Crippen LogP contribution in [-0.4, -0.2) is 30.0 Å². The zero-order chi connectivity index (χ0) is 13.5. The first-order chi connectivity index (χ1) is 8.49. The molecule has 1 rings (SSSR count). The van der Waals surface area contributed by atoms with Gasteiger partial charge in [-0.15, -0.1) is 0 Å². The Hall–Kier alpha value is -1.00. The van der Waals surface area contributed by atoms with Gasteiger partial charge in [-0.25, -0.2) is 4.39 Å². The number of nitrogens with two attached hydrogens (primary N) is 1. The van der Waals surface area contributed by atoms with Crippen molar-refractivity contribution in [3.05, 3.63) is 29.8 Å². The van der Waals surface area contributed by atoms with Gasteiger partial charge in [-0.3, -0.25) is 4.98 Å². The van der Waals surface area contributed by atoms with E-state index in [1.165, 1.54) is 18.7 Å². The van der Waals surface area contributed by atoms with Gasteiger partial charge in [0.05, 0.1) is 11.9 Å². The molecule has 1 heterocycles. The van der Waals surface area contributed by atoms with Gasteiger partial charge < -0.3 is 10.6 Å². The zero-order valence-electron chi connectivity index (χ0n) is 11.6. The van der Waals surface area contributed by atoms with Crippen LogP contribution in [0.5, 0.6) is 0 Å². The van der Waals surface area contributed by atoms with E-state index in [1.54, 1.807) is 6.07 Å². The number of hydrogen-bond acceptors (Lipinski definition) is 3. The Bertz CT molecular complexity index is 337. The number of halogens is 1. The molecule has 2 N–H and O–H groups in total. The molecule has 0 fully saturated rings. The molecule has 102 valence electrons. The minimum absolute atomic E-state index is 0.118. The molecule has 0 aliphatic carbocycles. The van der Waals surface area contributed by atoms with Crippen LogP contribution in [0.1, 0.15) is 38.4 Å². The molecule has 1 aromatic rings. The predicted molar refractivity (Wildman–Crippen MR) is 72.7 cm³/mol. The molecule has 0 spiro atoms. The van der Waals surface area contributed by atoms with Crippen LogP contribution in [0.15, 0.2) is 18.3 Å². The van der Waals surface area contributed by atoms with Crippen molar-refractivity contribution < 1.29 is 4.39 Å². The van der Waals surface area contributed by atoms with Gasteiger partial charge in [-0.1, -0.05) is 13.8 Å². The standard InChI is InChI=1S/C14H24FN3/c1-11(2)6-8-18(3)9-7-13(16)14-5-4-12(15)10-17-14/h4-5,10-11,13H,6-9,16H2,1-3H3. The molecule has 0 aliphatic heterocycles. The van der Waals surface area contributed by atoms with E-state index in [2.05, 4.69) is 30.8 Å². The average Bonchev–Trinajstić information content (AvgIpc) is 2.34. The second-order valence-electron chi connectivity index (χ2n) is 5.28. The van der Waals surface area contributed by atoms with Crippen LogP contribution in [0.3, 0.4) is 0 Å². The van der Waals surface area contributed by atoms with Crippen LogP contribution in [0.2, 0.25) is 0 Å². The molecule has 3 nitrogen and oxygen atoms in total. The van der Waals surface area contributed by atoms with Crippen molar-refractivity contribution in [2.75, 3.05) is 20.1 Å². The Morgan fingerprint density at radius 3 is 2.50 bits per heavy atom. The number of pyridine rings is 1. The maximum atomic E-state index is 12.7. The summed E-state index contributed by atoms with van der Waals surface area (Å²) >= 11 is 0. The minimum Gasteiger partial charge on any atom is -0.323 e. The number of aromatic nitrogens is 1. The Morgan fingerprint density at radius 2 is 1.94 bits per heavy atom. The Labute approximate surface area is 109 Å². The lowest BCUT2D eigenvalue weighted by Crippen LogP contribution is -2.25. The van der Waals surface area contributed by atoms with Gasteiger partial charge in [0.1, 0.15) is 5.82 Å². The molecule has 1 atom stereocenters. The van der Waals surface area contributed by atoms with Gasteiger partial charge >= 0.3 is 0 Å². The van der Waals surface area contributed by atoms with Crippen LogP contribution >= 0.6 is 0 Å². The van der Waals surface area contributed by atoms with Crippen LogP contribution in [0.4, 0.5) is 4.39 Å². The lowest BCUT2D eigenvalue weighted by molar-refractivity contribution is 0.297. The summed E-state index contributed by atoms with van der Waals surface area (Å²) in [4.78, 5) is 6.29. The molecule has 0 radical (unpaired) electrons. The molecule has 1 aromatic heterocycles. The van der Waals surface area contributed by atoms with E-state index >= 15 is 0 Å². The third-order valence-electron chi connectivity index (χ3n) is 3.04. The van der Waals surface area contributed by atoms with Gasteiger partial charge in [0, 0.05) is 6.04 Å². The van der Waals surface area contributed by atoms with Crippen molar-refractivity contribution in [3.8, 4) is 0 Å². The van der Waals surface area contributed by atoms with Gasteiger partial charge in [0.2, 0.25) is 0 Å². The summed E-state index contributed by atoms with van der Waals surface area (Å²) < 4.78 is 12.7. The molecule has 0 aromatic carbocycles. The van der Waals surface area contributed by atoms with Crippen molar-refractivity contribution in [2.24, 2.45) is 11.7 Å². The molecular weight excluding hydrogens is 229 g/mol. The van der Waals surface area contributed by atoms with Crippen LogP contribution < -0.4 is 5.73 Å². The van der Waals surface area contributed by atoms with Crippen LogP contribution in [0, 0.1) is 11.7 Å². The Kier molecular flexibility index (Phi) is 6.22. The molecule has 0 bridgehead atoms. The fourth-order valence-corrected chi connectivity index (χ4v) is 1.70. The van der Waals surface area contributed by atoms with E-state index in [0.717, 1.165) is 31.1 Å². The lowest BCUT2D eigenvalue weighted by atomic mass is 10.1. The van der Waals surface area contributed by atoms with E-state index < -0.39 is 0 Å². The average molecular weight is 253 g/mol. The van der Waals surface area contributed by atoms with Crippen molar-refractivity contribution in [1.29, 1.82) is 0 Å². The molecule has 0 saturated carbocycles. The molecule has 0 aliphatic rings. The topological polar surface area (TPSA) is 42.1 Å². The van der Waals surface area contributed by atoms with E-state index in [4.69, 9.17) is 5.73 Å². The maximum absolute atomic E-state index is 12.7. The molecular formula is C14H24FN3. The third kappa shape index (κ3) is 5.56. The Balaban J connectivity index is 2.32. The second-order valence-corrected chi connectivity index (χ2v) is 5.28. The summed E-state index contributed by atoms with van der Waals surface area (Å²) in [6.07, 6.45) is 3.26. The number of rotatable bonds is 7. The highest BCUT2D eigenvalue weighted by molar-refractivity contribution is 5.09. The first-order valence-electron chi connectivity index (χ1n) is 6.54. The van der Waals surface area contributed by atoms with Crippen molar-refractivity contribution >= 4 is 0 Å². The highest BCUT2D eigenvalue weighted by atomic mass is 19.1. The molecule has 4 heteroatoms. The largest absolute Gasteiger partial charge is 0.323 e. The monoisotopic (exact) mass is 253 g/mol. The highest BCUT2D eigenvalue weighted by Crippen LogP contribution is 2.12. The minimum atomic E-state index is -0.319. The fourth-order valence-electron chi connectivity index (χ4n) is 1.70. The second kappa shape index (κ2) is 7.44. The maximum Gasteiger partial charge on any atom is 0.141 e. The van der Waals surface area contributed by atoms with Gasteiger partial charge in [0.25, 0.3) is 0 Å². The summed E-state index contributed by atoms with van der Waals surface area (Å²) in [6.45, 7) is 6.47. The van der Waals surface area contributed by atoms with Crippen molar-refractivity contribution in [1.82, 2.24) is 9.88 Å². The normalized spacial score (nSPS) is 13.3. The van der Waals surface area contributed by atoms with E-state index in [1.807, 2.05) is 0 Å². The van der Waals surface area contributed by atoms with Crippen molar-refractivity contribution in [2.45, 2.75) is 32.7 Å². The van der Waals surface area contributed by atoms with Crippen LogP contribution in [0.25, 0.3) is 0 Å². The zero-order valence-corrected chi connectivity index (χ0v) is 11.6. The lowest BCUT2D eigenvalue weighted by Gasteiger charge is -2.20. The summed E-state index contributed by atoms with van der Waals surface area (Å²) in [5, 5.41) is 0. The quantitative estimate of drug-likeness (QED) is 0.812. The summed E-state index contributed by atoms with van der Waals surface area (Å²) in [6, 6.07) is 2.95. The summed E-state index contributed by atoms with van der Waals surface area (Å²) in [5.74, 6) is 0.403. The summed E-state index contributed by atoms with van der Waals surface area (Å²) in [5.41, 5.74) is 6.80. The molecule has 18 heavy (non-hydrogen) atoms. The van der Waals surface area contributed by atoms with E-state index in [0.29, 0.717) is 0 Å². The van der Waals surface area contributed by atoms with Gasteiger partial charge in [-0.2, -0.15) is 0 Å². The molecule has 1 unspecified atom stereocenters. The highest BCUT2D eigenvalue weighted by Gasteiger charge is 2.09. The smallest absolute Gasteiger partial charge is 0.141 e. The predicted octanol–water partition coefficient (Wildman–Crippen LogP) is 2.59. The number of nitrogens with zero attached hydrogens (tertiary/aromatic N) is 2. The Morgan fingerprint density at radius 1 is 1.28 bits per heavy atom. The first kappa shape index (κ1) is 15.1. The number of hydrogen-bond donors (Lipinski definition) is 1. The summed E-state index contributed by atoms with van der Waals surface area (Å²) in [7, 11) is 2.10. The van der Waals surface area contributed by atoms with Crippen LogP contribution in [-0.2, 0) is 0 Å². The molecule has 0 amide bonds. The van der Waals surface area contributed by atoms with Gasteiger partial charge in [-0.05, 0) is 51.0 Å². The van der Waals surface area contributed by atoms with Gasteiger partial charge in [0.15, 0.2) is 0 Å². The fraction of sp³-hybridized carbons (Fsp3) is 0.643. The van der Waals surface area contributed by atoms with Crippen molar-refractivity contribution in [3.63, 3.8) is 0 Å². The van der Waals surface area contributed by atoms with E-state index in [9.17, 15) is 4.39 Å². The SMILES string of the molecule is CC(C)CCN(C)CCC(N)c1ccc(F)cn1. The molecule has 0 saturated heterocycles. The first-order valence-corrected chi connectivity index (χ1v) is 6.54. The third-order valence-corrected chi connectivity index (χ3v) is 3.04. The van der Waals surface area contributed by atoms with E-state index in [-0.39, 0.29) is 11.9 Å².